The highest BCUT2D eigenvalue weighted by molar-refractivity contribution is 6.42. The van der Waals surface area contributed by atoms with Crippen LogP contribution in [0, 0.1) is 0 Å². The number of hydrogen-bond donors (Lipinski definition) is 0. The second-order valence-corrected chi connectivity index (χ2v) is 7.53. The van der Waals surface area contributed by atoms with Crippen LogP contribution in [0.25, 0.3) is 0 Å². The van der Waals surface area contributed by atoms with Crippen LogP contribution in [0.3, 0.4) is 0 Å². The predicted octanol–water partition coefficient (Wildman–Crippen LogP) is 5.15. The second-order valence-electron chi connectivity index (χ2n) is 6.72. The highest BCUT2D eigenvalue weighted by atomic mass is 35.5. The molecular formula is C18H14Cl2F3N3O2. The quantitative estimate of drug-likeness (QED) is 0.631. The zero-order chi connectivity index (χ0) is 20.9. The van der Waals surface area contributed by atoms with Crippen LogP contribution in [-0.4, -0.2) is 27.4 Å². The number of halogens is 5. The number of carbonyl (C=O) groups excluding carboxylic acids is 2. The third-order valence-corrected chi connectivity index (χ3v) is 5.18. The van der Waals surface area contributed by atoms with Gasteiger partial charge >= 0.3 is 12.2 Å². The summed E-state index contributed by atoms with van der Waals surface area (Å²) in [5, 5.41) is 0.458. The van der Waals surface area contributed by atoms with E-state index in [1.165, 1.54) is 29.2 Å². The van der Waals surface area contributed by atoms with E-state index < -0.39 is 29.3 Å². The Morgan fingerprint density at radius 1 is 1.07 bits per heavy atom. The maximum absolute atomic E-state index is 12.9. The molecule has 0 spiro atoms. The molecule has 0 unspecified atom stereocenters. The topological polar surface area (TPSA) is 53.5 Å². The Balaban J connectivity index is 1.90. The number of benzene rings is 1. The van der Waals surface area contributed by atoms with Crippen molar-refractivity contribution >= 4 is 40.8 Å². The van der Waals surface area contributed by atoms with Crippen LogP contribution in [-0.2, 0) is 17.5 Å². The van der Waals surface area contributed by atoms with E-state index in [4.69, 9.17) is 23.2 Å². The largest absolute Gasteiger partial charge is 0.433 e. The smallest absolute Gasteiger partial charge is 0.305 e. The van der Waals surface area contributed by atoms with E-state index >= 15 is 0 Å². The van der Waals surface area contributed by atoms with Gasteiger partial charge < -0.3 is 4.90 Å². The average molecular weight is 432 g/mol. The average Bonchev–Trinajstić information content (AvgIpc) is 2.77. The lowest BCUT2D eigenvalue weighted by Crippen LogP contribution is -2.43. The summed E-state index contributed by atoms with van der Waals surface area (Å²) in [6.45, 7) is 3.03. The molecule has 1 saturated heterocycles. The van der Waals surface area contributed by atoms with Crippen LogP contribution in [0.2, 0.25) is 10.0 Å². The molecule has 1 aromatic heterocycles. The fourth-order valence-corrected chi connectivity index (χ4v) is 3.11. The number of aromatic nitrogens is 1. The van der Waals surface area contributed by atoms with Crippen molar-refractivity contribution in [3.63, 3.8) is 0 Å². The molecule has 148 valence electrons. The van der Waals surface area contributed by atoms with Gasteiger partial charge in [0.1, 0.15) is 11.2 Å². The number of amides is 3. The number of nitrogens with zero attached hydrogens (tertiary/aromatic N) is 3. The molecule has 5 nitrogen and oxygen atoms in total. The van der Waals surface area contributed by atoms with Crippen LogP contribution in [0.5, 0.6) is 0 Å². The number of hydrogen-bond acceptors (Lipinski definition) is 3. The molecule has 10 heteroatoms. The van der Waals surface area contributed by atoms with E-state index in [-0.39, 0.29) is 22.3 Å². The van der Waals surface area contributed by atoms with Gasteiger partial charge in [-0.15, -0.1) is 0 Å². The van der Waals surface area contributed by atoms with Crippen LogP contribution in [0.4, 0.5) is 23.7 Å². The second kappa shape index (κ2) is 6.93. The van der Waals surface area contributed by atoms with Crippen LogP contribution >= 0.6 is 23.2 Å². The zero-order valence-electron chi connectivity index (χ0n) is 14.7. The third kappa shape index (κ3) is 3.54. The van der Waals surface area contributed by atoms with Gasteiger partial charge in [0, 0.05) is 6.20 Å². The van der Waals surface area contributed by atoms with Gasteiger partial charge in [-0.25, -0.2) is 9.69 Å². The number of rotatable bonds is 3. The maximum atomic E-state index is 12.9. The van der Waals surface area contributed by atoms with Gasteiger partial charge in [0.2, 0.25) is 0 Å². The van der Waals surface area contributed by atoms with Gasteiger partial charge in [0.15, 0.2) is 0 Å². The summed E-state index contributed by atoms with van der Waals surface area (Å²) in [5.41, 5.74) is -1.63. The molecule has 0 saturated carbocycles. The lowest BCUT2D eigenvalue weighted by Gasteiger charge is -2.27. The number of pyridine rings is 1. The van der Waals surface area contributed by atoms with Crippen molar-refractivity contribution in [3.8, 4) is 0 Å². The van der Waals surface area contributed by atoms with Gasteiger partial charge in [-0.05, 0) is 43.7 Å². The van der Waals surface area contributed by atoms with Gasteiger partial charge in [-0.1, -0.05) is 29.3 Å². The van der Waals surface area contributed by atoms with Crippen molar-refractivity contribution in [1.29, 1.82) is 0 Å². The summed E-state index contributed by atoms with van der Waals surface area (Å²) in [7, 11) is 0. The number of urea groups is 1. The molecule has 0 aliphatic carbocycles. The Hall–Kier alpha value is -2.32. The molecule has 0 radical (unpaired) electrons. The molecule has 0 atom stereocenters. The first-order valence-electron chi connectivity index (χ1n) is 8.06. The number of alkyl halides is 3. The molecule has 2 aromatic rings. The molecule has 1 aliphatic rings. The maximum Gasteiger partial charge on any atom is 0.433 e. The standard InChI is InChI=1S/C18H14Cl2F3N3O2/c1-17(2)15(27)26(11-4-5-12(19)13(20)7-11)16(28)25(17)9-10-3-6-14(24-8-10)18(21,22)23/h3-8H,9H2,1-2H3. The molecule has 0 N–H and O–H groups in total. The van der Waals surface area contributed by atoms with E-state index in [9.17, 15) is 22.8 Å². The van der Waals surface area contributed by atoms with Gasteiger partial charge in [0.25, 0.3) is 5.91 Å². The van der Waals surface area contributed by atoms with Crippen LogP contribution in [0.15, 0.2) is 36.5 Å². The Morgan fingerprint density at radius 2 is 1.75 bits per heavy atom. The number of carbonyl (C=O) groups is 2. The summed E-state index contributed by atoms with van der Waals surface area (Å²) in [5.74, 6) is -0.490. The molecule has 2 heterocycles. The molecule has 1 fully saturated rings. The van der Waals surface area contributed by atoms with Crippen molar-refractivity contribution in [2.45, 2.75) is 32.1 Å². The van der Waals surface area contributed by atoms with E-state index in [0.29, 0.717) is 5.56 Å². The minimum atomic E-state index is -4.55. The SMILES string of the molecule is CC1(C)C(=O)N(c2ccc(Cl)c(Cl)c2)C(=O)N1Cc1ccc(C(F)(F)F)nc1. The highest BCUT2D eigenvalue weighted by Crippen LogP contribution is 2.36. The summed E-state index contributed by atoms with van der Waals surface area (Å²) < 4.78 is 38.0. The van der Waals surface area contributed by atoms with Crippen molar-refractivity contribution < 1.29 is 22.8 Å². The predicted molar refractivity (Wildman–Crippen MR) is 98.2 cm³/mol. The molecule has 1 aliphatic heterocycles. The summed E-state index contributed by atoms with van der Waals surface area (Å²) in [6.07, 6.45) is -3.51. The molecule has 28 heavy (non-hydrogen) atoms. The van der Waals surface area contributed by atoms with Crippen molar-refractivity contribution in [2.24, 2.45) is 0 Å². The lowest BCUT2D eigenvalue weighted by molar-refractivity contribution is -0.141. The van der Waals surface area contributed by atoms with Crippen molar-refractivity contribution in [3.05, 3.63) is 57.8 Å². The Bertz CT molecular complexity index is 946. The first-order chi connectivity index (χ1) is 12.9. The van der Waals surface area contributed by atoms with E-state index in [0.717, 1.165) is 17.2 Å². The highest BCUT2D eigenvalue weighted by Gasteiger charge is 2.51. The Kier molecular flexibility index (Phi) is 5.05. The van der Waals surface area contributed by atoms with E-state index in [2.05, 4.69) is 4.98 Å². The molecule has 0 bridgehead atoms. The number of anilines is 1. The van der Waals surface area contributed by atoms with Crippen molar-refractivity contribution in [2.75, 3.05) is 4.90 Å². The zero-order valence-corrected chi connectivity index (χ0v) is 16.2. The Labute approximate surface area is 168 Å². The van der Waals surface area contributed by atoms with Gasteiger partial charge in [0.05, 0.1) is 22.3 Å². The number of imide groups is 1. The van der Waals surface area contributed by atoms with E-state index in [1.807, 2.05) is 0 Å². The van der Waals surface area contributed by atoms with Gasteiger partial charge in [-0.3, -0.25) is 9.78 Å². The van der Waals surface area contributed by atoms with Crippen LogP contribution in [0.1, 0.15) is 25.1 Å². The Morgan fingerprint density at radius 3 is 2.29 bits per heavy atom. The summed E-state index contributed by atoms with van der Waals surface area (Å²) >= 11 is 11.9. The lowest BCUT2D eigenvalue weighted by atomic mass is 10.0. The third-order valence-electron chi connectivity index (χ3n) is 4.44. The summed E-state index contributed by atoms with van der Waals surface area (Å²) in [4.78, 5) is 31.4. The summed E-state index contributed by atoms with van der Waals surface area (Å²) in [6, 6.07) is 5.80. The minimum Gasteiger partial charge on any atom is -0.305 e. The molecule has 1 aromatic carbocycles. The van der Waals surface area contributed by atoms with Crippen LogP contribution < -0.4 is 4.90 Å². The first-order valence-corrected chi connectivity index (χ1v) is 8.82. The fourth-order valence-electron chi connectivity index (χ4n) is 2.82. The normalized spacial score (nSPS) is 16.8. The van der Waals surface area contributed by atoms with Gasteiger partial charge in [-0.2, -0.15) is 13.2 Å². The molecule has 3 rings (SSSR count). The first kappa shape index (κ1) is 20.4. The monoisotopic (exact) mass is 431 g/mol. The van der Waals surface area contributed by atoms with E-state index in [1.54, 1.807) is 13.8 Å². The molecular weight excluding hydrogens is 418 g/mol. The molecule has 3 amide bonds. The van der Waals surface area contributed by atoms with Crippen molar-refractivity contribution in [1.82, 2.24) is 9.88 Å². The minimum absolute atomic E-state index is 0.0828. The fraction of sp³-hybridized carbons (Fsp3) is 0.278.